The van der Waals surface area contributed by atoms with E-state index in [1.165, 1.54) is 12.5 Å². The van der Waals surface area contributed by atoms with Gasteiger partial charge in [-0.3, -0.25) is 9.59 Å². The summed E-state index contributed by atoms with van der Waals surface area (Å²) in [5.41, 5.74) is 6.49. The maximum Gasteiger partial charge on any atom is 0.331 e. The van der Waals surface area contributed by atoms with Gasteiger partial charge < -0.3 is 9.74 Å². The number of Topliss-reactive ketones (excluding diaryl/α,β-unsaturated/α-hetero) is 1. The van der Waals surface area contributed by atoms with Crippen LogP contribution >= 0.6 is 11.8 Å². The van der Waals surface area contributed by atoms with Gasteiger partial charge in [-0.15, -0.1) is 11.8 Å². The van der Waals surface area contributed by atoms with Gasteiger partial charge in [0, 0.05) is 57.8 Å². The number of thioether (sulfide) groups is 1. The number of anilines is 2. The van der Waals surface area contributed by atoms with Crippen molar-refractivity contribution in [2.24, 2.45) is 5.16 Å². The number of nitrogens with zero attached hydrogens (tertiary/aromatic N) is 2. The zero-order valence-electron chi connectivity index (χ0n) is 26.7. The molecular weight excluding hydrogens is 593 g/mol. The molecule has 0 aromatic heterocycles. The van der Waals surface area contributed by atoms with Gasteiger partial charge in [0.15, 0.2) is 5.78 Å². The molecule has 234 valence electrons. The molecule has 0 unspecified atom stereocenters. The number of carbonyl (C=O) groups is 3. The highest BCUT2D eigenvalue weighted by atomic mass is 32.2. The Hall–Kier alpha value is -5.01. The first kappa shape index (κ1) is 33.9. The van der Waals surface area contributed by atoms with Crippen LogP contribution in [0.15, 0.2) is 132 Å². The molecule has 4 rings (SSSR count). The fourth-order valence-corrected chi connectivity index (χ4v) is 5.68. The molecule has 0 spiro atoms. The first-order chi connectivity index (χ1) is 22.2. The van der Waals surface area contributed by atoms with Crippen LogP contribution in [0.1, 0.15) is 64.1 Å². The average Bonchev–Trinajstić information content (AvgIpc) is 3.07. The van der Waals surface area contributed by atoms with Gasteiger partial charge >= 0.3 is 5.97 Å². The highest BCUT2D eigenvalue weighted by Crippen LogP contribution is 2.32. The van der Waals surface area contributed by atoms with Crippen LogP contribution in [0.4, 0.5) is 11.4 Å². The molecule has 0 amide bonds. The van der Waals surface area contributed by atoms with Gasteiger partial charge in [0.05, 0.1) is 0 Å². The van der Waals surface area contributed by atoms with Crippen molar-refractivity contribution in [2.75, 3.05) is 10.7 Å². The quantitative estimate of drug-likeness (QED) is 0.0345. The molecule has 6 nitrogen and oxygen atoms in total. The topological polar surface area (TPSA) is 76.0 Å². The Kier molecular flexibility index (Phi) is 12.0. The lowest BCUT2D eigenvalue weighted by Gasteiger charge is -2.26. The smallest absolute Gasteiger partial charge is 0.318 e. The van der Waals surface area contributed by atoms with Crippen LogP contribution in [0.2, 0.25) is 0 Å². The van der Waals surface area contributed by atoms with Crippen LogP contribution in [0.25, 0.3) is 0 Å². The average molecular weight is 631 g/mol. The Balaban J connectivity index is 1.58. The lowest BCUT2D eigenvalue weighted by Crippen LogP contribution is -2.18. The minimum atomic E-state index is -0.589. The normalized spacial score (nSPS) is 11.6. The highest BCUT2D eigenvalue weighted by molar-refractivity contribution is 7.99. The molecule has 4 aromatic carbocycles. The minimum absolute atomic E-state index is 0.0319. The molecule has 0 atom stereocenters. The number of carbonyl (C=O) groups excluding carboxylic acids is 3. The molecule has 7 heteroatoms. The van der Waals surface area contributed by atoms with E-state index in [-0.39, 0.29) is 17.3 Å². The lowest BCUT2D eigenvalue weighted by atomic mass is 9.99. The Bertz CT molecular complexity index is 1760. The summed E-state index contributed by atoms with van der Waals surface area (Å²) in [6.45, 7) is 11.3. The molecule has 0 saturated carbocycles. The molecule has 0 aliphatic heterocycles. The van der Waals surface area contributed by atoms with Crippen molar-refractivity contribution in [3.05, 3.63) is 149 Å². The van der Waals surface area contributed by atoms with Gasteiger partial charge in [0.2, 0.25) is 5.78 Å². The summed E-state index contributed by atoms with van der Waals surface area (Å²) in [4.78, 5) is 46.2. The maximum absolute atomic E-state index is 13.5. The third-order valence-electron chi connectivity index (χ3n) is 7.22. The molecule has 0 heterocycles. The largest absolute Gasteiger partial charge is 0.331 e. The molecule has 4 aromatic rings. The SMILES string of the molecule is C=C/C(=C\CC)N(c1ccc(C(=O)/C(CCSc2ccc(C)cc2)=N/OC(C)=O)cc1)c1ccc(C(=O)c2ccccc2C)cc1. The van der Waals surface area contributed by atoms with Gasteiger partial charge in [0.25, 0.3) is 0 Å². The second-order valence-corrected chi connectivity index (χ2v) is 11.8. The first-order valence-electron chi connectivity index (χ1n) is 15.1. The predicted molar refractivity (Wildman–Crippen MR) is 188 cm³/mol. The monoisotopic (exact) mass is 630 g/mol. The van der Waals surface area contributed by atoms with E-state index in [0.29, 0.717) is 28.9 Å². The van der Waals surface area contributed by atoms with Gasteiger partial charge in [0.1, 0.15) is 5.71 Å². The van der Waals surface area contributed by atoms with Crippen LogP contribution in [-0.4, -0.2) is 29.0 Å². The molecule has 0 bridgehead atoms. The number of allylic oxidation sites excluding steroid dienone is 2. The molecule has 0 radical (unpaired) electrons. The Morgan fingerprint density at radius 3 is 2.02 bits per heavy atom. The van der Waals surface area contributed by atoms with Crippen LogP contribution in [0, 0.1) is 13.8 Å². The summed E-state index contributed by atoms with van der Waals surface area (Å²) in [5, 5.41) is 3.91. The molecule has 46 heavy (non-hydrogen) atoms. The molecule has 0 N–H and O–H groups in total. The van der Waals surface area contributed by atoms with Gasteiger partial charge in [-0.1, -0.05) is 66.7 Å². The zero-order chi connectivity index (χ0) is 33.1. The van der Waals surface area contributed by atoms with Crippen molar-refractivity contribution in [1.29, 1.82) is 0 Å². The van der Waals surface area contributed by atoms with Crippen molar-refractivity contribution in [3.8, 4) is 0 Å². The van der Waals surface area contributed by atoms with E-state index in [4.69, 9.17) is 4.84 Å². The van der Waals surface area contributed by atoms with Crippen molar-refractivity contribution in [1.82, 2.24) is 0 Å². The minimum Gasteiger partial charge on any atom is -0.318 e. The highest BCUT2D eigenvalue weighted by Gasteiger charge is 2.19. The fraction of sp³-hybridized carbons (Fsp3) is 0.179. The van der Waals surface area contributed by atoms with E-state index in [1.54, 1.807) is 30.0 Å². The predicted octanol–water partition coefficient (Wildman–Crippen LogP) is 9.44. The van der Waals surface area contributed by atoms with E-state index >= 15 is 0 Å². The van der Waals surface area contributed by atoms with Crippen molar-refractivity contribution in [3.63, 3.8) is 0 Å². The fourth-order valence-electron chi connectivity index (χ4n) is 4.82. The second kappa shape index (κ2) is 16.3. The maximum atomic E-state index is 13.5. The molecule has 0 fully saturated rings. The second-order valence-electron chi connectivity index (χ2n) is 10.7. The summed E-state index contributed by atoms with van der Waals surface area (Å²) < 4.78 is 0. The number of oxime groups is 1. The number of aryl methyl sites for hydroxylation is 2. The molecule has 0 aliphatic carbocycles. The van der Waals surface area contributed by atoms with Crippen LogP contribution in [0.3, 0.4) is 0 Å². The third kappa shape index (κ3) is 8.79. The summed E-state index contributed by atoms with van der Waals surface area (Å²) >= 11 is 1.60. The number of hydrogen-bond acceptors (Lipinski definition) is 7. The Morgan fingerprint density at radius 2 is 1.46 bits per heavy atom. The van der Waals surface area contributed by atoms with Gasteiger partial charge in [-0.05, 0) is 92.6 Å². The third-order valence-corrected chi connectivity index (χ3v) is 8.23. The lowest BCUT2D eigenvalue weighted by molar-refractivity contribution is -0.140. The van der Waals surface area contributed by atoms with Crippen LogP contribution < -0.4 is 4.90 Å². The van der Waals surface area contributed by atoms with E-state index in [1.807, 2.05) is 104 Å². The number of rotatable bonds is 14. The standard InChI is InChI=1S/C39H38N2O4S/c1-6-10-32(7-2)41(33-19-15-30(16-20-33)38(43)36-12-9-8-11-28(36)4)34-21-17-31(18-22-34)39(44)37(40-45-29(5)42)25-26-46-35-23-13-27(3)14-24-35/h7-24H,2,6,25-26H2,1,3-5H3/b32-10+,40-37+. The first-order valence-corrected chi connectivity index (χ1v) is 16.1. The number of benzene rings is 4. The van der Waals surface area contributed by atoms with E-state index in [9.17, 15) is 14.4 Å². The van der Waals surface area contributed by atoms with Crippen molar-refractivity contribution < 1.29 is 19.2 Å². The number of hydrogen-bond donors (Lipinski definition) is 0. The number of ketones is 2. The van der Waals surface area contributed by atoms with Crippen LogP contribution in [0.5, 0.6) is 0 Å². The zero-order valence-corrected chi connectivity index (χ0v) is 27.5. The van der Waals surface area contributed by atoms with Crippen LogP contribution in [-0.2, 0) is 9.63 Å². The molecule has 0 saturated heterocycles. The van der Waals surface area contributed by atoms with Crippen molar-refractivity contribution in [2.45, 2.75) is 45.4 Å². The summed E-state index contributed by atoms with van der Waals surface area (Å²) in [7, 11) is 0. The van der Waals surface area contributed by atoms with Crippen molar-refractivity contribution >= 4 is 46.4 Å². The molecular formula is C39H38N2O4S. The van der Waals surface area contributed by atoms with Gasteiger partial charge in [-0.25, -0.2) is 4.79 Å². The van der Waals surface area contributed by atoms with E-state index in [0.717, 1.165) is 34.0 Å². The van der Waals surface area contributed by atoms with E-state index < -0.39 is 5.97 Å². The summed E-state index contributed by atoms with van der Waals surface area (Å²) in [6.07, 6.45) is 4.96. The summed E-state index contributed by atoms with van der Waals surface area (Å²) in [5.74, 6) is -0.339. The van der Waals surface area contributed by atoms with Gasteiger partial charge in [-0.2, -0.15) is 0 Å². The molecule has 0 aliphatic rings. The van der Waals surface area contributed by atoms with E-state index in [2.05, 4.69) is 24.7 Å². The Morgan fingerprint density at radius 1 is 0.848 bits per heavy atom. The summed E-state index contributed by atoms with van der Waals surface area (Å²) in [6, 6.07) is 30.4. The Labute approximate surface area is 275 Å².